The minimum atomic E-state index is -0.318. The Kier molecular flexibility index (Phi) is 9.20. The van der Waals surface area contributed by atoms with E-state index in [0.29, 0.717) is 0 Å². The van der Waals surface area contributed by atoms with Crippen LogP contribution in [0.5, 0.6) is 0 Å². The maximum absolute atomic E-state index is 14.1. The number of rotatable bonds is 8. The second-order valence-electron chi connectivity index (χ2n) is 16.5. The maximum atomic E-state index is 14.1. The molecule has 0 saturated heterocycles. The van der Waals surface area contributed by atoms with E-state index in [2.05, 4.69) is 197 Å². The van der Waals surface area contributed by atoms with E-state index in [1.807, 2.05) is 4.90 Å². The summed E-state index contributed by atoms with van der Waals surface area (Å²) in [6, 6.07) is 80.1. The average Bonchev–Trinajstić information content (AvgIpc) is 3.88. The summed E-state index contributed by atoms with van der Waals surface area (Å²) in [5.41, 5.74) is 15.8. The van der Waals surface area contributed by atoms with E-state index in [0.717, 1.165) is 72.9 Å². The van der Waals surface area contributed by atoms with Crippen LogP contribution in [0.1, 0.15) is 0 Å². The van der Waals surface area contributed by atoms with Gasteiger partial charge in [-0.3, -0.25) is 0 Å². The fraction of sp³-hybridized carbons (Fsp3) is 0. The molecule has 0 fully saturated rings. The minimum Gasteiger partial charge on any atom is -0.310 e. The molecule has 12 rings (SSSR count). The Morgan fingerprint density at radius 2 is 0.600 bits per heavy atom. The average molecular weight is 840 g/mol. The number of nitrogens with zero attached hydrogens (tertiary/aromatic N) is 3. The van der Waals surface area contributed by atoms with E-state index in [9.17, 15) is 8.78 Å². The number of aromatic nitrogens is 2. The highest BCUT2D eigenvalue weighted by molar-refractivity contribution is 6.12. The van der Waals surface area contributed by atoms with Gasteiger partial charge in [-0.25, -0.2) is 8.78 Å². The first-order chi connectivity index (χ1) is 32.0. The van der Waals surface area contributed by atoms with Crippen molar-refractivity contribution in [3.8, 4) is 44.8 Å². The van der Waals surface area contributed by atoms with Crippen molar-refractivity contribution in [1.82, 2.24) is 9.13 Å². The largest absolute Gasteiger partial charge is 0.310 e. The molecule has 2 heterocycles. The van der Waals surface area contributed by atoms with Gasteiger partial charge in [0.1, 0.15) is 11.6 Å². The van der Waals surface area contributed by atoms with Gasteiger partial charge in [0.05, 0.1) is 22.1 Å². The monoisotopic (exact) mass is 839 g/mol. The molecule has 10 aromatic carbocycles. The number of benzene rings is 10. The first-order valence-corrected chi connectivity index (χ1v) is 21.8. The molecule has 0 aliphatic heterocycles. The Balaban J connectivity index is 1.03. The van der Waals surface area contributed by atoms with E-state index < -0.39 is 0 Å². The number of halogens is 2. The second kappa shape index (κ2) is 15.7. The zero-order valence-corrected chi connectivity index (χ0v) is 35.1. The Labute approximate surface area is 374 Å². The van der Waals surface area contributed by atoms with Gasteiger partial charge in [0, 0.05) is 50.0 Å². The lowest BCUT2D eigenvalue weighted by Crippen LogP contribution is -2.09. The molecule has 0 atom stereocenters. The van der Waals surface area contributed by atoms with Gasteiger partial charge >= 0.3 is 0 Å². The highest BCUT2D eigenvalue weighted by atomic mass is 19.1. The Morgan fingerprint density at radius 1 is 0.262 bits per heavy atom. The van der Waals surface area contributed by atoms with Crippen LogP contribution in [0.15, 0.2) is 237 Å². The van der Waals surface area contributed by atoms with Crippen LogP contribution < -0.4 is 4.90 Å². The SMILES string of the molecule is Fc1ccc(N(c2ccc(F)cc2)c2ccc(-c3cc(-c4ccc5c(c4)c4ccccc4n5-c4ccccc4)cc(-c4ccc5c(c4)c4ccccc4n5-c4ccccc4)c3)cc2)cc1. The number of hydrogen-bond acceptors (Lipinski definition) is 1. The lowest BCUT2D eigenvalue weighted by atomic mass is 9.92. The van der Waals surface area contributed by atoms with Crippen LogP contribution in [0.3, 0.4) is 0 Å². The van der Waals surface area contributed by atoms with Crippen LogP contribution in [-0.2, 0) is 0 Å². The van der Waals surface area contributed by atoms with Crippen molar-refractivity contribution in [2.24, 2.45) is 0 Å². The molecule has 12 aromatic rings. The predicted molar refractivity (Wildman–Crippen MR) is 266 cm³/mol. The summed E-state index contributed by atoms with van der Waals surface area (Å²) in [6.07, 6.45) is 0. The molecule has 0 radical (unpaired) electrons. The summed E-state index contributed by atoms with van der Waals surface area (Å²) in [5, 5.41) is 4.78. The number of anilines is 3. The van der Waals surface area contributed by atoms with Crippen LogP contribution >= 0.6 is 0 Å². The van der Waals surface area contributed by atoms with Gasteiger partial charge in [-0.2, -0.15) is 0 Å². The Hall–Kier alpha value is -8.54. The van der Waals surface area contributed by atoms with Gasteiger partial charge in [-0.15, -0.1) is 0 Å². The van der Waals surface area contributed by atoms with Gasteiger partial charge < -0.3 is 14.0 Å². The smallest absolute Gasteiger partial charge is 0.123 e. The quantitative estimate of drug-likeness (QED) is 0.149. The molecule has 2 aromatic heterocycles. The third kappa shape index (κ3) is 6.73. The van der Waals surface area contributed by atoms with Crippen molar-refractivity contribution in [2.45, 2.75) is 0 Å². The summed E-state index contributed by atoms with van der Waals surface area (Å²) in [7, 11) is 0. The Bertz CT molecular complexity index is 3480. The van der Waals surface area contributed by atoms with Gasteiger partial charge in [-0.05, 0) is 173 Å². The molecule has 0 saturated carbocycles. The Morgan fingerprint density at radius 3 is 1.03 bits per heavy atom. The van der Waals surface area contributed by atoms with E-state index >= 15 is 0 Å². The summed E-state index contributed by atoms with van der Waals surface area (Å²) in [4.78, 5) is 2.01. The zero-order valence-electron chi connectivity index (χ0n) is 35.1. The summed E-state index contributed by atoms with van der Waals surface area (Å²) >= 11 is 0. The lowest BCUT2D eigenvalue weighted by molar-refractivity contribution is 0.628. The standard InChI is InChI=1S/C60H39F2N3/c61-46-23-29-51(30-24-46)63(52-31-25-47(62)26-32-52)50-27-19-40(20-28-50)43-35-44(41-21-33-59-55(38-41)53-15-7-9-17-57(53)64(59)48-11-3-1-4-12-48)37-45(36-43)42-22-34-60-56(39-42)54-16-8-10-18-58(54)65(60)49-13-5-2-6-14-49/h1-39H. The molecule has 0 N–H and O–H groups in total. The van der Waals surface area contributed by atoms with Crippen molar-refractivity contribution in [3.05, 3.63) is 248 Å². The molecule has 65 heavy (non-hydrogen) atoms. The number of para-hydroxylation sites is 4. The molecule has 0 unspecified atom stereocenters. The zero-order chi connectivity index (χ0) is 43.4. The van der Waals surface area contributed by atoms with Crippen molar-refractivity contribution >= 4 is 60.7 Å². The van der Waals surface area contributed by atoms with Crippen LogP contribution in [0.4, 0.5) is 25.8 Å². The van der Waals surface area contributed by atoms with Gasteiger partial charge in [0.25, 0.3) is 0 Å². The second-order valence-corrected chi connectivity index (χ2v) is 16.5. The molecule has 308 valence electrons. The third-order valence-electron chi connectivity index (χ3n) is 12.6. The molecule has 0 bridgehead atoms. The summed E-state index contributed by atoms with van der Waals surface area (Å²) in [5.74, 6) is -0.637. The first kappa shape index (κ1) is 38.2. The fourth-order valence-corrected chi connectivity index (χ4v) is 9.57. The van der Waals surface area contributed by atoms with Crippen LogP contribution in [-0.4, -0.2) is 9.13 Å². The third-order valence-corrected chi connectivity index (χ3v) is 12.6. The molecule has 0 amide bonds. The van der Waals surface area contributed by atoms with Crippen LogP contribution in [0.2, 0.25) is 0 Å². The van der Waals surface area contributed by atoms with Crippen molar-refractivity contribution in [1.29, 1.82) is 0 Å². The predicted octanol–water partition coefficient (Wildman–Crippen LogP) is 16.6. The van der Waals surface area contributed by atoms with E-state index in [1.165, 1.54) is 56.8 Å². The topological polar surface area (TPSA) is 13.1 Å². The van der Waals surface area contributed by atoms with Gasteiger partial charge in [0.2, 0.25) is 0 Å². The molecule has 0 aliphatic rings. The highest BCUT2D eigenvalue weighted by Gasteiger charge is 2.18. The lowest BCUT2D eigenvalue weighted by Gasteiger charge is -2.25. The highest BCUT2D eigenvalue weighted by Crippen LogP contribution is 2.41. The number of fused-ring (bicyclic) bond motifs is 6. The fourth-order valence-electron chi connectivity index (χ4n) is 9.57. The van der Waals surface area contributed by atoms with Gasteiger partial charge in [-0.1, -0.05) is 97.1 Å². The van der Waals surface area contributed by atoms with Crippen LogP contribution in [0, 0.1) is 11.6 Å². The summed E-state index contributed by atoms with van der Waals surface area (Å²) in [6.45, 7) is 0. The first-order valence-electron chi connectivity index (χ1n) is 21.8. The van der Waals surface area contributed by atoms with Crippen LogP contribution in [0.25, 0.3) is 88.4 Å². The van der Waals surface area contributed by atoms with Crippen molar-refractivity contribution in [2.75, 3.05) is 4.90 Å². The van der Waals surface area contributed by atoms with Crippen molar-refractivity contribution in [3.63, 3.8) is 0 Å². The summed E-state index contributed by atoms with van der Waals surface area (Å²) < 4.78 is 32.9. The molecular formula is C60H39F2N3. The number of hydrogen-bond donors (Lipinski definition) is 0. The molecule has 3 nitrogen and oxygen atoms in total. The van der Waals surface area contributed by atoms with E-state index in [4.69, 9.17) is 0 Å². The minimum absolute atomic E-state index is 0.318. The molecular weight excluding hydrogens is 801 g/mol. The molecule has 0 aliphatic carbocycles. The molecule has 0 spiro atoms. The maximum Gasteiger partial charge on any atom is 0.123 e. The van der Waals surface area contributed by atoms with Crippen molar-refractivity contribution < 1.29 is 8.78 Å². The van der Waals surface area contributed by atoms with E-state index in [-0.39, 0.29) is 11.6 Å². The normalized spacial score (nSPS) is 11.5. The molecule has 5 heteroatoms. The van der Waals surface area contributed by atoms with Gasteiger partial charge in [0.15, 0.2) is 0 Å². The van der Waals surface area contributed by atoms with E-state index in [1.54, 1.807) is 24.3 Å².